The number of rotatable bonds is 6. The standard InChI is InChI=1S/C21H31N3O2/c1-15-10-16(2)20(17(3)11-15)13-21(25)23(4)19(14-22)12-18-6-8-24(26-5)9-7-18/h10-11,18-19H,6-9,12-13H2,1-5H3. The Balaban J connectivity index is 1.98. The van der Waals surface area contributed by atoms with Crippen LogP contribution in [0.2, 0.25) is 0 Å². The third-order valence-corrected chi connectivity index (χ3v) is 5.57. The molecule has 1 atom stereocenters. The summed E-state index contributed by atoms with van der Waals surface area (Å²) in [5.41, 5.74) is 4.58. The molecule has 1 aromatic rings. The molecule has 1 aromatic carbocycles. The highest BCUT2D eigenvalue weighted by molar-refractivity contribution is 5.80. The van der Waals surface area contributed by atoms with Crippen molar-refractivity contribution in [3.8, 4) is 6.07 Å². The SMILES string of the molecule is CON1CCC(CC(C#N)N(C)C(=O)Cc2c(C)cc(C)cc2C)CC1. The first kappa shape index (κ1) is 20.4. The Morgan fingerprint density at radius 3 is 2.38 bits per heavy atom. The van der Waals surface area contributed by atoms with Crippen molar-refractivity contribution in [1.82, 2.24) is 9.96 Å². The number of likely N-dealkylation sites (N-methyl/N-ethyl adjacent to an activating group) is 1. The smallest absolute Gasteiger partial charge is 0.227 e. The van der Waals surface area contributed by atoms with Crippen LogP contribution < -0.4 is 0 Å². The Morgan fingerprint density at radius 1 is 1.31 bits per heavy atom. The van der Waals surface area contributed by atoms with Crippen molar-refractivity contribution in [3.63, 3.8) is 0 Å². The molecule has 1 fully saturated rings. The van der Waals surface area contributed by atoms with Gasteiger partial charge in [-0.1, -0.05) is 17.7 Å². The van der Waals surface area contributed by atoms with E-state index in [1.165, 1.54) is 5.56 Å². The molecule has 0 saturated carbocycles. The summed E-state index contributed by atoms with van der Waals surface area (Å²) >= 11 is 0. The van der Waals surface area contributed by atoms with E-state index in [2.05, 4.69) is 25.1 Å². The summed E-state index contributed by atoms with van der Waals surface area (Å²) in [5.74, 6) is 0.477. The van der Waals surface area contributed by atoms with E-state index in [0.29, 0.717) is 12.3 Å². The van der Waals surface area contributed by atoms with Crippen LogP contribution in [0.4, 0.5) is 0 Å². The number of aryl methyl sites for hydroxylation is 3. The minimum atomic E-state index is -0.368. The number of hydroxylamine groups is 2. The van der Waals surface area contributed by atoms with E-state index in [1.807, 2.05) is 18.9 Å². The summed E-state index contributed by atoms with van der Waals surface area (Å²) in [6.07, 6.45) is 3.10. The van der Waals surface area contributed by atoms with Gasteiger partial charge < -0.3 is 9.74 Å². The molecule has 0 spiro atoms. The Hall–Kier alpha value is -1.90. The number of hydrogen-bond acceptors (Lipinski definition) is 4. The molecular weight excluding hydrogens is 326 g/mol. The van der Waals surface area contributed by atoms with Gasteiger partial charge in [-0.3, -0.25) is 4.79 Å². The normalized spacial score (nSPS) is 16.9. The molecule has 0 aliphatic carbocycles. The number of amides is 1. The second-order valence-electron chi connectivity index (χ2n) is 7.49. The number of hydrogen-bond donors (Lipinski definition) is 0. The maximum absolute atomic E-state index is 12.8. The van der Waals surface area contributed by atoms with Crippen LogP contribution in [0.25, 0.3) is 0 Å². The van der Waals surface area contributed by atoms with Crippen molar-refractivity contribution in [1.29, 1.82) is 5.26 Å². The third-order valence-electron chi connectivity index (χ3n) is 5.57. The van der Waals surface area contributed by atoms with Gasteiger partial charge in [0.15, 0.2) is 0 Å². The summed E-state index contributed by atoms with van der Waals surface area (Å²) in [6, 6.07) is 6.20. The van der Waals surface area contributed by atoms with Gasteiger partial charge in [0, 0.05) is 20.1 Å². The first-order valence-corrected chi connectivity index (χ1v) is 9.36. The maximum atomic E-state index is 12.8. The van der Waals surface area contributed by atoms with Crippen molar-refractivity contribution in [3.05, 3.63) is 34.4 Å². The first-order valence-electron chi connectivity index (χ1n) is 9.36. The van der Waals surface area contributed by atoms with E-state index in [4.69, 9.17) is 4.84 Å². The molecule has 0 N–H and O–H groups in total. The molecule has 5 nitrogen and oxygen atoms in total. The minimum Gasteiger partial charge on any atom is -0.329 e. The van der Waals surface area contributed by atoms with Gasteiger partial charge in [-0.2, -0.15) is 10.3 Å². The molecule has 1 aliphatic heterocycles. The van der Waals surface area contributed by atoms with Crippen molar-refractivity contribution >= 4 is 5.91 Å². The number of carbonyl (C=O) groups excluding carboxylic acids is 1. The average Bonchev–Trinajstić information content (AvgIpc) is 2.62. The summed E-state index contributed by atoms with van der Waals surface area (Å²) in [4.78, 5) is 19.7. The van der Waals surface area contributed by atoms with Crippen molar-refractivity contribution in [2.24, 2.45) is 5.92 Å². The molecule has 2 rings (SSSR count). The molecule has 0 bridgehead atoms. The molecule has 142 valence electrons. The number of benzene rings is 1. The van der Waals surface area contributed by atoms with Gasteiger partial charge in [-0.25, -0.2) is 0 Å². The lowest BCUT2D eigenvalue weighted by molar-refractivity contribution is -0.149. The van der Waals surface area contributed by atoms with Crippen LogP contribution in [0, 0.1) is 38.0 Å². The molecule has 26 heavy (non-hydrogen) atoms. The van der Waals surface area contributed by atoms with Crippen LogP contribution in [0.15, 0.2) is 12.1 Å². The van der Waals surface area contributed by atoms with Crippen LogP contribution in [0.5, 0.6) is 0 Å². The quantitative estimate of drug-likeness (QED) is 0.785. The molecule has 0 radical (unpaired) electrons. The van der Waals surface area contributed by atoms with Crippen molar-refractivity contribution < 1.29 is 9.63 Å². The molecule has 1 heterocycles. The van der Waals surface area contributed by atoms with Gasteiger partial charge in [-0.05, 0) is 62.6 Å². The monoisotopic (exact) mass is 357 g/mol. The van der Waals surface area contributed by atoms with Crippen LogP contribution in [0.1, 0.15) is 41.5 Å². The van der Waals surface area contributed by atoms with Gasteiger partial charge in [0.2, 0.25) is 5.91 Å². The van der Waals surface area contributed by atoms with E-state index < -0.39 is 0 Å². The molecule has 1 saturated heterocycles. The molecule has 5 heteroatoms. The predicted molar refractivity (Wildman–Crippen MR) is 102 cm³/mol. The predicted octanol–water partition coefficient (Wildman–Crippen LogP) is 3.17. The van der Waals surface area contributed by atoms with Gasteiger partial charge >= 0.3 is 0 Å². The summed E-state index contributed by atoms with van der Waals surface area (Å²) in [6.45, 7) is 7.94. The molecule has 1 unspecified atom stereocenters. The van der Waals surface area contributed by atoms with Gasteiger partial charge in [0.05, 0.1) is 19.6 Å². The number of piperidine rings is 1. The van der Waals surface area contributed by atoms with E-state index in [1.54, 1.807) is 19.1 Å². The Kier molecular flexibility index (Phi) is 7.19. The van der Waals surface area contributed by atoms with E-state index in [9.17, 15) is 10.1 Å². The zero-order valence-electron chi connectivity index (χ0n) is 16.7. The van der Waals surface area contributed by atoms with Gasteiger partial charge in [0.25, 0.3) is 0 Å². The van der Waals surface area contributed by atoms with E-state index in [0.717, 1.165) is 49.0 Å². The minimum absolute atomic E-state index is 0.0148. The average molecular weight is 357 g/mol. The lowest BCUT2D eigenvalue weighted by atomic mass is 9.90. The van der Waals surface area contributed by atoms with Crippen LogP contribution in [0.3, 0.4) is 0 Å². The lowest BCUT2D eigenvalue weighted by Gasteiger charge is -2.32. The van der Waals surface area contributed by atoms with E-state index >= 15 is 0 Å². The molecular formula is C21H31N3O2. The number of nitriles is 1. The summed E-state index contributed by atoms with van der Waals surface area (Å²) in [7, 11) is 3.46. The number of nitrogens with zero attached hydrogens (tertiary/aromatic N) is 3. The Morgan fingerprint density at radius 2 is 1.88 bits per heavy atom. The van der Waals surface area contributed by atoms with Crippen LogP contribution >= 0.6 is 0 Å². The van der Waals surface area contributed by atoms with Crippen LogP contribution in [-0.2, 0) is 16.1 Å². The highest BCUT2D eigenvalue weighted by atomic mass is 16.7. The third kappa shape index (κ3) is 5.06. The fourth-order valence-electron chi connectivity index (χ4n) is 3.88. The van der Waals surface area contributed by atoms with Crippen molar-refractivity contribution in [2.75, 3.05) is 27.2 Å². The summed E-state index contributed by atoms with van der Waals surface area (Å²) < 4.78 is 0. The van der Waals surface area contributed by atoms with Gasteiger partial charge in [-0.15, -0.1) is 0 Å². The lowest BCUT2D eigenvalue weighted by Crippen LogP contribution is -2.40. The largest absolute Gasteiger partial charge is 0.329 e. The molecule has 0 aromatic heterocycles. The zero-order valence-corrected chi connectivity index (χ0v) is 16.7. The fraction of sp³-hybridized carbons (Fsp3) is 0.619. The maximum Gasteiger partial charge on any atom is 0.227 e. The zero-order chi connectivity index (χ0) is 19.3. The second kappa shape index (κ2) is 9.16. The van der Waals surface area contributed by atoms with Crippen molar-refractivity contribution in [2.45, 2.75) is 52.5 Å². The van der Waals surface area contributed by atoms with Crippen LogP contribution in [-0.4, -0.2) is 49.2 Å². The fourth-order valence-corrected chi connectivity index (χ4v) is 3.88. The molecule has 1 amide bonds. The highest BCUT2D eigenvalue weighted by Gasteiger charge is 2.27. The second-order valence-corrected chi connectivity index (χ2v) is 7.49. The molecule has 1 aliphatic rings. The first-order chi connectivity index (χ1) is 12.3. The Bertz CT molecular complexity index is 649. The summed E-state index contributed by atoms with van der Waals surface area (Å²) in [5, 5.41) is 11.6. The number of carbonyl (C=O) groups is 1. The van der Waals surface area contributed by atoms with Gasteiger partial charge in [0.1, 0.15) is 6.04 Å². The Labute approximate surface area is 157 Å². The topological polar surface area (TPSA) is 56.6 Å². The highest BCUT2D eigenvalue weighted by Crippen LogP contribution is 2.24. The van der Waals surface area contributed by atoms with E-state index in [-0.39, 0.29) is 11.9 Å².